The summed E-state index contributed by atoms with van der Waals surface area (Å²) < 4.78 is 10.4. The van der Waals surface area contributed by atoms with E-state index in [0.29, 0.717) is 12.2 Å². The van der Waals surface area contributed by atoms with Crippen LogP contribution in [0.15, 0.2) is 48.5 Å². The molecular formula is C18H22O3. The topological polar surface area (TPSA) is 35.5 Å². The maximum atomic E-state index is 11.4. The maximum absolute atomic E-state index is 11.4. The fourth-order valence-corrected chi connectivity index (χ4v) is 1.71. The monoisotopic (exact) mass is 286 g/mol. The van der Waals surface area contributed by atoms with Crippen molar-refractivity contribution in [1.29, 1.82) is 0 Å². The molecule has 0 saturated carbocycles. The van der Waals surface area contributed by atoms with Gasteiger partial charge in [-0.1, -0.05) is 43.7 Å². The van der Waals surface area contributed by atoms with E-state index in [4.69, 9.17) is 4.74 Å². The van der Waals surface area contributed by atoms with Gasteiger partial charge in [0.2, 0.25) is 0 Å². The highest BCUT2D eigenvalue weighted by Crippen LogP contribution is 2.14. The Balaban J connectivity index is 0.00000106. The SMILES string of the molecule is CC.COC(=O)c1cccc(COc2ccc(C)cc2)c1. The van der Waals surface area contributed by atoms with E-state index in [0.717, 1.165) is 11.3 Å². The van der Waals surface area contributed by atoms with Gasteiger partial charge in [0, 0.05) is 0 Å². The molecule has 2 rings (SSSR count). The third kappa shape index (κ3) is 5.30. The predicted octanol–water partition coefficient (Wildman–Crippen LogP) is 4.39. The molecule has 2 aromatic carbocycles. The van der Waals surface area contributed by atoms with Crippen LogP contribution in [-0.4, -0.2) is 13.1 Å². The van der Waals surface area contributed by atoms with Crippen molar-refractivity contribution in [3.05, 3.63) is 65.2 Å². The van der Waals surface area contributed by atoms with Gasteiger partial charge in [-0.2, -0.15) is 0 Å². The van der Waals surface area contributed by atoms with Crippen molar-refractivity contribution >= 4 is 5.97 Å². The molecule has 112 valence electrons. The molecular weight excluding hydrogens is 264 g/mol. The molecule has 3 nitrogen and oxygen atoms in total. The van der Waals surface area contributed by atoms with Gasteiger partial charge in [0.05, 0.1) is 12.7 Å². The zero-order chi connectivity index (χ0) is 15.7. The Morgan fingerprint density at radius 2 is 1.71 bits per heavy atom. The highest BCUT2D eigenvalue weighted by molar-refractivity contribution is 5.89. The van der Waals surface area contributed by atoms with Crippen LogP contribution < -0.4 is 4.74 Å². The van der Waals surface area contributed by atoms with Crippen LogP contribution in [0.25, 0.3) is 0 Å². The van der Waals surface area contributed by atoms with Crippen LogP contribution in [0.5, 0.6) is 5.75 Å². The number of hydrogen-bond donors (Lipinski definition) is 0. The third-order valence-electron chi connectivity index (χ3n) is 2.77. The van der Waals surface area contributed by atoms with Crippen molar-refractivity contribution < 1.29 is 14.3 Å². The summed E-state index contributed by atoms with van der Waals surface area (Å²) in [5.41, 5.74) is 2.66. The fraction of sp³-hybridized carbons (Fsp3) is 0.278. The van der Waals surface area contributed by atoms with Gasteiger partial charge in [0.25, 0.3) is 0 Å². The second-order valence-corrected chi connectivity index (χ2v) is 4.29. The van der Waals surface area contributed by atoms with E-state index >= 15 is 0 Å². The largest absolute Gasteiger partial charge is 0.489 e. The van der Waals surface area contributed by atoms with E-state index in [9.17, 15) is 4.79 Å². The molecule has 21 heavy (non-hydrogen) atoms. The van der Waals surface area contributed by atoms with E-state index in [1.807, 2.05) is 57.2 Å². The Morgan fingerprint density at radius 3 is 2.33 bits per heavy atom. The van der Waals surface area contributed by atoms with Gasteiger partial charge in [0.1, 0.15) is 12.4 Å². The van der Waals surface area contributed by atoms with Crippen molar-refractivity contribution in [3.63, 3.8) is 0 Å². The minimum Gasteiger partial charge on any atom is -0.489 e. The number of carbonyl (C=O) groups excluding carboxylic acids is 1. The summed E-state index contributed by atoms with van der Waals surface area (Å²) in [7, 11) is 1.37. The molecule has 0 heterocycles. The predicted molar refractivity (Wildman–Crippen MR) is 84.6 cm³/mol. The Morgan fingerprint density at radius 1 is 1.05 bits per heavy atom. The Labute approximate surface area is 126 Å². The molecule has 0 radical (unpaired) electrons. The number of hydrogen-bond acceptors (Lipinski definition) is 3. The normalized spacial score (nSPS) is 9.33. The smallest absolute Gasteiger partial charge is 0.337 e. The third-order valence-corrected chi connectivity index (χ3v) is 2.77. The summed E-state index contributed by atoms with van der Waals surface area (Å²) in [6.45, 7) is 6.46. The lowest BCUT2D eigenvalue weighted by Crippen LogP contribution is -2.03. The van der Waals surface area contributed by atoms with Crippen molar-refractivity contribution in [2.45, 2.75) is 27.4 Å². The number of benzene rings is 2. The maximum Gasteiger partial charge on any atom is 0.337 e. The summed E-state index contributed by atoms with van der Waals surface area (Å²) >= 11 is 0. The summed E-state index contributed by atoms with van der Waals surface area (Å²) in [5.74, 6) is 0.478. The number of ether oxygens (including phenoxy) is 2. The van der Waals surface area contributed by atoms with Crippen molar-refractivity contribution in [2.24, 2.45) is 0 Å². The highest BCUT2D eigenvalue weighted by Gasteiger charge is 2.05. The van der Waals surface area contributed by atoms with Gasteiger partial charge in [-0.3, -0.25) is 0 Å². The van der Waals surface area contributed by atoms with Crippen LogP contribution >= 0.6 is 0 Å². The first-order chi connectivity index (χ1) is 10.2. The highest BCUT2D eigenvalue weighted by atomic mass is 16.5. The molecule has 0 N–H and O–H groups in total. The molecule has 0 aliphatic rings. The van der Waals surface area contributed by atoms with E-state index in [2.05, 4.69) is 4.74 Å². The van der Waals surface area contributed by atoms with Crippen molar-refractivity contribution in [2.75, 3.05) is 7.11 Å². The second-order valence-electron chi connectivity index (χ2n) is 4.29. The zero-order valence-corrected chi connectivity index (χ0v) is 13.1. The molecule has 0 aromatic heterocycles. The van der Waals surface area contributed by atoms with Gasteiger partial charge >= 0.3 is 5.97 Å². The van der Waals surface area contributed by atoms with Crippen LogP contribution in [0.3, 0.4) is 0 Å². The molecule has 0 aliphatic carbocycles. The van der Waals surface area contributed by atoms with Gasteiger partial charge in [-0.15, -0.1) is 0 Å². The van der Waals surface area contributed by atoms with Gasteiger partial charge in [-0.25, -0.2) is 4.79 Å². The molecule has 3 heteroatoms. The molecule has 2 aromatic rings. The molecule has 0 aliphatic heterocycles. The summed E-state index contributed by atoms with van der Waals surface area (Å²) in [6.07, 6.45) is 0. The van der Waals surface area contributed by atoms with Crippen molar-refractivity contribution in [3.8, 4) is 5.75 Å². The van der Waals surface area contributed by atoms with Crippen LogP contribution in [0, 0.1) is 6.92 Å². The van der Waals surface area contributed by atoms with Crippen LogP contribution in [-0.2, 0) is 11.3 Å². The minimum atomic E-state index is -0.336. The molecule has 0 spiro atoms. The lowest BCUT2D eigenvalue weighted by molar-refractivity contribution is 0.0600. The Bertz CT molecular complexity index is 559. The lowest BCUT2D eigenvalue weighted by atomic mass is 10.1. The molecule has 0 amide bonds. The van der Waals surface area contributed by atoms with E-state index in [-0.39, 0.29) is 5.97 Å². The van der Waals surface area contributed by atoms with Gasteiger partial charge in [0.15, 0.2) is 0 Å². The van der Waals surface area contributed by atoms with Crippen molar-refractivity contribution in [1.82, 2.24) is 0 Å². The average molecular weight is 286 g/mol. The van der Waals surface area contributed by atoms with Gasteiger partial charge in [-0.05, 0) is 36.8 Å². The number of esters is 1. The molecule has 0 bridgehead atoms. The minimum absolute atomic E-state index is 0.336. The van der Waals surface area contributed by atoms with Crippen LogP contribution in [0.1, 0.15) is 35.3 Å². The average Bonchev–Trinajstić information content (AvgIpc) is 2.55. The quantitative estimate of drug-likeness (QED) is 0.782. The summed E-state index contributed by atoms with van der Waals surface area (Å²) in [5, 5.41) is 0. The second kappa shape index (κ2) is 8.80. The van der Waals surface area contributed by atoms with Gasteiger partial charge < -0.3 is 9.47 Å². The Kier molecular flexibility index (Phi) is 7.02. The number of carbonyl (C=O) groups is 1. The van der Waals surface area contributed by atoms with E-state index in [1.54, 1.807) is 12.1 Å². The van der Waals surface area contributed by atoms with E-state index in [1.165, 1.54) is 12.7 Å². The summed E-state index contributed by atoms with van der Waals surface area (Å²) in [4.78, 5) is 11.4. The fourth-order valence-electron chi connectivity index (χ4n) is 1.71. The number of aryl methyl sites for hydroxylation is 1. The van der Waals surface area contributed by atoms with Crippen LogP contribution in [0.2, 0.25) is 0 Å². The van der Waals surface area contributed by atoms with Crippen LogP contribution in [0.4, 0.5) is 0 Å². The lowest BCUT2D eigenvalue weighted by Gasteiger charge is -2.07. The van der Waals surface area contributed by atoms with E-state index < -0.39 is 0 Å². The zero-order valence-electron chi connectivity index (χ0n) is 13.1. The molecule has 0 saturated heterocycles. The summed E-state index contributed by atoms with van der Waals surface area (Å²) in [6, 6.07) is 15.1. The molecule has 0 unspecified atom stereocenters. The molecule has 0 fully saturated rings. The first kappa shape index (κ1) is 16.8. The Hall–Kier alpha value is -2.29. The number of methoxy groups -OCH3 is 1. The standard InChI is InChI=1S/C16H16O3.C2H6/c1-12-6-8-15(9-7-12)19-11-13-4-3-5-14(10-13)16(17)18-2;1-2/h3-10H,11H2,1-2H3;1-2H3. The first-order valence-corrected chi connectivity index (χ1v) is 7.06. The number of rotatable bonds is 4. The molecule has 0 atom stereocenters. The first-order valence-electron chi connectivity index (χ1n) is 7.06.